The first-order valence-electron chi connectivity index (χ1n) is 5.53. The Balaban J connectivity index is 1.99. The fourth-order valence-corrected chi connectivity index (χ4v) is 1.67. The highest BCUT2D eigenvalue weighted by Crippen LogP contribution is 2.32. The second-order valence-electron chi connectivity index (χ2n) is 4.25. The molecule has 1 saturated carbocycles. The summed E-state index contributed by atoms with van der Waals surface area (Å²) in [5, 5.41) is 21.4. The fraction of sp³-hybridized carbons (Fsp3) is 0.417. The van der Waals surface area contributed by atoms with Crippen molar-refractivity contribution in [1.82, 2.24) is 5.32 Å². The number of aliphatic hydroxyl groups is 1. The van der Waals surface area contributed by atoms with E-state index in [1.165, 1.54) is 12.1 Å². The smallest absolute Gasteiger partial charge is 0.258 e. The number of halogens is 1. The Kier molecular flexibility index (Phi) is 3.28. The van der Waals surface area contributed by atoms with Gasteiger partial charge in [-0.3, -0.25) is 4.79 Å². The lowest BCUT2D eigenvalue weighted by Gasteiger charge is -2.11. The maximum Gasteiger partial charge on any atom is 0.258 e. The molecule has 1 unspecified atom stereocenters. The summed E-state index contributed by atoms with van der Waals surface area (Å²) in [4.78, 5) is 11.6. The molecule has 1 fully saturated rings. The Morgan fingerprint density at radius 3 is 2.82 bits per heavy atom. The van der Waals surface area contributed by atoms with E-state index in [9.17, 15) is 19.4 Å². The molecular weight excluding hydrogens is 225 g/mol. The van der Waals surface area contributed by atoms with Crippen molar-refractivity contribution >= 4 is 5.91 Å². The Bertz CT molecular complexity index is 412. The molecule has 92 valence electrons. The topological polar surface area (TPSA) is 69.6 Å². The summed E-state index contributed by atoms with van der Waals surface area (Å²) in [6.07, 6.45) is 1.33. The molecule has 4 nitrogen and oxygen atoms in total. The van der Waals surface area contributed by atoms with Crippen LogP contribution in [0.3, 0.4) is 0 Å². The molecule has 0 bridgehead atoms. The average Bonchev–Trinajstić information content (AvgIpc) is 3.09. The third kappa shape index (κ3) is 2.74. The van der Waals surface area contributed by atoms with E-state index in [1.807, 2.05) is 0 Å². The van der Waals surface area contributed by atoms with Crippen molar-refractivity contribution < 1.29 is 19.4 Å². The molecule has 0 aromatic heterocycles. The van der Waals surface area contributed by atoms with Gasteiger partial charge in [0, 0.05) is 6.54 Å². The van der Waals surface area contributed by atoms with Gasteiger partial charge in [0.1, 0.15) is 17.1 Å². The molecule has 1 amide bonds. The number of aromatic hydroxyl groups is 1. The third-order valence-corrected chi connectivity index (χ3v) is 2.86. The minimum Gasteiger partial charge on any atom is -0.507 e. The van der Waals surface area contributed by atoms with Gasteiger partial charge in [-0.15, -0.1) is 0 Å². The van der Waals surface area contributed by atoms with Crippen LogP contribution in [0, 0.1) is 11.7 Å². The molecule has 1 aromatic rings. The van der Waals surface area contributed by atoms with Crippen LogP contribution in [0.4, 0.5) is 4.39 Å². The van der Waals surface area contributed by atoms with Crippen LogP contribution in [-0.4, -0.2) is 28.8 Å². The number of carbonyl (C=O) groups excluding carboxylic acids is 1. The molecular formula is C12H14FNO3. The zero-order valence-electron chi connectivity index (χ0n) is 9.19. The molecule has 5 heteroatoms. The van der Waals surface area contributed by atoms with E-state index in [0.717, 1.165) is 18.9 Å². The number of nitrogens with one attached hydrogen (secondary N) is 1. The van der Waals surface area contributed by atoms with Crippen LogP contribution in [0.1, 0.15) is 23.2 Å². The van der Waals surface area contributed by atoms with Crippen LogP contribution >= 0.6 is 0 Å². The Hall–Kier alpha value is -1.62. The van der Waals surface area contributed by atoms with E-state index in [1.54, 1.807) is 0 Å². The van der Waals surface area contributed by atoms with E-state index in [4.69, 9.17) is 0 Å². The number of carbonyl (C=O) groups is 1. The number of aliphatic hydroxyl groups excluding tert-OH is 1. The first-order valence-corrected chi connectivity index (χ1v) is 5.53. The van der Waals surface area contributed by atoms with E-state index >= 15 is 0 Å². The maximum absolute atomic E-state index is 13.3. The minimum absolute atomic E-state index is 0.0806. The molecule has 17 heavy (non-hydrogen) atoms. The molecule has 0 heterocycles. The number of benzene rings is 1. The molecule has 0 aliphatic heterocycles. The van der Waals surface area contributed by atoms with Crippen LogP contribution in [-0.2, 0) is 0 Å². The van der Waals surface area contributed by atoms with Crippen LogP contribution in [0.15, 0.2) is 18.2 Å². The van der Waals surface area contributed by atoms with Gasteiger partial charge in [-0.2, -0.15) is 0 Å². The molecule has 2 rings (SSSR count). The molecule has 3 N–H and O–H groups in total. The number of rotatable bonds is 4. The average molecular weight is 239 g/mol. The van der Waals surface area contributed by atoms with Crippen LogP contribution in [0.5, 0.6) is 5.75 Å². The second kappa shape index (κ2) is 4.71. The normalized spacial score (nSPS) is 16.6. The van der Waals surface area contributed by atoms with E-state index in [2.05, 4.69) is 5.32 Å². The van der Waals surface area contributed by atoms with Gasteiger partial charge < -0.3 is 15.5 Å². The van der Waals surface area contributed by atoms with Crippen LogP contribution in [0.25, 0.3) is 0 Å². The lowest BCUT2D eigenvalue weighted by atomic mass is 10.1. The molecule has 0 radical (unpaired) electrons. The van der Waals surface area contributed by atoms with Gasteiger partial charge in [-0.25, -0.2) is 4.39 Å². The number of phenolic OH excluding ortho intramolecular Hbond substituents is 1. The Morgan fingerprint density at radius 2 is 2.24 bits per heavy atom. The Labute approximate surface area is 98.1 Å². The molecule has 1 atom stereocenters. The van der Waals surface area contributed by atoms with E-state index in [0.29, 0.717) is 0 Å². The largest absolute Gasteiger partial charge is 0.507 e. The predicted octanol–water partition coefficient (Wildman–Crippen LogP) is 1.03. The maximum atomic E-state index is 13.3. The molecule has 1 aliphatic carbocycles. The monoisotopic (exact) mass is 239 g/mol. The second-order valence-corrected chi connectivity index (χ2v) is 4.25. The minimum atomic E-state index is -0.775. The molecule has 1 aliphatic rings. The summed E-state index contributed by atoms with van der Waals surface area (Å²) in [5.74, 6) is -1.64. The first kappa shape index (κ1) is 11.9. The summed E-state index contributed by atoms with van der Waals surface area (Å²) in [6, 6.07) is 3.67. The van der Waals surface area contributed by atoms with Crippen molar-refractivity contribution in [1.29, 1.82) is 0 Å². The van der Waals surface area contributed by atoms with Crippen molar-refractivity contribution in [2.75, 3.05) is 6.54 Å². The highest BCUT2D eigenvalue weighted by molar-refractivity contribution is 5.97. The summed E-state index contributed by atoms with van der Waals surface area (Å²) < 4.78 is 13.3. The number of phenols is 1. The molecule has 0 saturated heterocycles. The SMILES string of the molecule is O=C(NCC(O)C1CC1)c1c(O)cccc1F. The zero-order valence-corrected chi connectivity index (χ0v) is 9.19. The summed E-state index contributed by atoms with van der Waals surface area (Å²) in [5.41, 5.74) is -0.379. The lowest BCUT2D eigenvalue weighted by molar-refractivity contribution is 0.0894. The van der Waals surface area contributed by atoms with Crippen molar-refractivity contribution in [3.8, 4) is 5.75 Å². The van der Waals surface area contributed by atoms with Gasteiger partial charge in [0.15, 0.2) is 0 Å². The van der Waals surface area contributed by atoms with Gasteiger partial charge >= 0.3 is 0 Å². The number of hydrogen-bond acceptors (Lipinski definition) is 3. The molecule has 0 spiro atoms. The summed E-state index contributed by atoms with van der Waals surface area (Å²) in [7, 11) is 0. The van der Waals surface area contributed by atoms with Crippen LogP contribution in [0.2, 0.25) is 0 Å². The van der Waals surface area contributed by atoms with Gasteiger partial charge in [-0.05, 0) is 30.9 Å². The van der Waals surface area contributed by atoms with Crippen molar-refractivity contribution in [3.63, 3.8) is 0 Å². The molecule has 1 aromatic carbocycles. The number of amides is 1. The van der Waals surface area contributed by atoms with Gasteiger partial charge in [0.2, 0.25) is 0 Å². The van der Waals surface area contributed by atoms with Crippen LogP contribution < -0.4 is 5.32 Å². The zero-order chi connectivity index (χ0) is 12.4. The third-order valence-electron chi connectivity index (χ3n) is 2.86. The van der Waals surface area contributed by atoms with E-state index < -0.39 is 23.6 Å². The quantitative estimate of drug-likeness (QED) is 0.735. The first-order chi connectivity index (χ1) is 8.09. The lowest BCUT2D eigenvalue weighted by Crippen LogP contribution is -2.33. The van der Waals surface area contributed by atoms with Gasteiger partial charge in [-0.1, -0.05) is 6.07 Å². The van der Waals surface area contributed by atoms with E-state index in [-0.39, 0.29) is 18.0 Å². The van der Waals surface area contributed by atoms with Gasteiger partial charge in [0.25, 0.3) is 5.91 Å². The standard InChI is InChI=1S/C12H14FNO3/c13-8-2-1-3-9(15)11(8)12(17)14-6-10(16)7-4-5-7/h1-3,7,10,15-16H,4-6H2,(H,14,17). The van der Waals surface area contributed by atoms with Gasteiger partial charge in [0.05, 0.1) is 6.10 Å². The van der Waals surface area contributed by atoms with Crippen molar-refractivity contribution in [2.24, 2.45) is 5.92 Å². The Morgan fingerprint density at radius 1 is 1.53 bits per heavy atom. The van der Waals surface area contributed by atoms with Crippen molar-refractivity contribution in [3.05, 3.63) is 29.6 Å². The highest BCUT2D eigenvalue weighted by atomic mass is 19.1. The number of hydrogen-bond donors (Lipinski definition) is 3. The predicted molar refractivity (Wildman–Crippen MR) is 59.1 cm³/mol. The summed E-state index contributed by atoms with van der Waals surface area (Å²) >= 11 is 0. The summed E-state index contributed by atoms with van der Waals surface area (Å²) in [6.45, 7) is 0.0806. The fourth-order valence-electron chi connectivity index (χ4n) is 1.67. The highest BCUT2D eigenvalue weighted by Gasteiger charge is 2.30. The van der Waals surface area contributed by atoms with Crippen molar-refractivity contribution in [2.45, 2.75) is 18.9 Å².